The third kappa shape index (κ3) is 3.67. The average molecular weight is 446 g/mol. The third-order valence-electron chi connectivity index (χ3n) is 5.85. The second-order valence-electron chi connectivity index (χ2n) is 7.99. The SMILES string of the molecule is Cc1sc2nc(/C(=C\c3cnn(-c4ccccc4)c3)C(=O)N3CCCC3)[nH]c(=O)c2c1C. The minimum absolute atomic E-state index is 0.123. The Morgan fingerprint density at radius 3 is 2.66 bits per heavy atom. The normalized spacial score (nSPS) is 14.4. The number of aryl methyl sites for hydroxylation is 2. The highest BCUT2D eigenvalue weighted by Gasteiger charge is 2.25. The quantitative estimate of drug-likeness (QED) is 0.482. The van der Waals surface area contributed by atoms with Gasteiger partial charge in [0.1, 0.15) is 10.7 Å². The van der Waals surface area contributed by atoms with Crippen LogP contribution in [0.2, 0.25) is 0 Å². The van der Waals surface area contributed by atoms with Gasteiger partial charge in [0, 0.05) is 29.7 Å². The number of benzene rings is 1. The molecule has 3 aromatic heterocycles. The van der Waals surface area contributed by atoms with Gasteiger partial charge in [-0.05, 0) is 50.5 Å². The number of aromatic amines is 1. The molecule has 0 aliphatic carbocycles. The van der Waals surface area contributed by atoms with Gasteiger partial charge in [-0.1, -0.05) is 18.2 Å². The predicted molar refractivity (Wildman–Crippen MR) is 127 cm³/mol. The van der Waals surface area contributed by atoms with Crippen LogP contribution in [-0.2, 0) is 4.79 Å². The highest BCUT2D eigenvalue weighted by Crippen LogP contribution is 2.28. The highest BCUT2D eigenvalue weighted by atomic mass is 32.1. The Bertz CT molecular complexity index is 1390. The van der Waals surface area contributed by atoms with Crippen LogP contribution in [0.1, 0.15) is 34.7 Å². The van der Waals surface area contributed by atoms with E-state index in [9.17, 15) is 9.59 Å². The number of H-pyrrole nitrogens is 1. The molecule has 5 rings (SSSR count). The second kappa shape index (κ2) is 8.20. The summed E-state index contributed by atoms with van der Waals surface area (Å²) in [6, 6.07) is 9.77. The largest absolute Gasteiger partial charge is 0.339 e. The van der Waals surface area contributed by atoms with E-state index in [-0.39, 0.29) is 11.5 Å². The molecule has 4 aromatic rings. The zero-order valence-electron chi connectivity index (χ0n) is 18.0. The molecule has 7 nitrogen and oxygen atoms in total. The molecule has 1 amide bonds. The number of para-hydroxylation sites is 1. The van der Waals surface area contributed by atoms with Crippen molar-refractivity contribution in [2.45, 2.75) is 26.7 Å². The number of nitrogens with zero attached hydrogens (tertiary/aromatic N) is 4. The topological polar surface area (TPSA) is 83.9 Å². The van der Waals surface area contributed by atoms with E-state index in [2.05, 4.69) is 10.1 Å². The number of nitrogens with one attached hydrogen (secondary N) is 1. The molecule has 32 heavy (non-hydrogen) atoms. The van der Waals surface area contributed by atoms with Crippen LogP contribution in [0.15, 0.2) is 47.5 Å². The molecule has 4 heterocycles. The molecule has 0 bridgehead atoms. The van der Waals surface area contributed by atoms with Crippen molar-refractivity contribution in [2.24, 2.45) is 0 Å². The van der Waals surface area contributed by atoms with Crippen LogP contribution < -0.4 is 5.56 Å². The first-order valence-electron chi connectivity index (χ1n) is 10.6. The molecule has 0 saturated carbocycles. The molecule has 1 saturated heterocycles. The molecule has 0 atom stereocenters. The minimum Gasteiger partial charge on any atom is -0.339 e. The lowest BCUT2D eigenvalue weighted by Gasteiger charge is -2.17. The van der Waals surface area contributed by atoms with Gasteiger partial charge < -0.3 is 9.88 Å². The van der Waals surface area contributed by atoms with Crippen molar-refractivity contribution >= 4 is 39.1 Å². The van der Waals surface area contributed by atoms with Crippen molar-refractivity contribution in [2.75, 3.05) is 13.1 Å². The number of hydrogen-bond donors (Lipinski definition) is 1. The Morgan fingerprint density at radius 2 is 1.91 bits per heavy atom. The van der Waals surface area contributed by atoms with Crippen molar-refractivity contribution in [3.8, 4) is 5.69 Å². The summed E-state index contributed by atoms with van der Waals surface area (Å²) in [5.41, 5.74) is 2.79. The zero-order chi connectivity index (χ0) is 22.2. The smallest absolute Gasteiger partial charge is 0.260 e. The Morgan fingerprint density at radius 1 is 1.16 bits per heavy atom. The summed E-state index contributed by atoms with van der Waals surface area (Å²) < 4.78 is 1.76. The summed E-state index contributed by atoms with van der Waals surface area (Å²) in [5, 5.41) is 5.03. The van der Waals surface area contributed by atoms with Gasteiger partial charge in [-0.15, -0.1) is 11.3 Å². The summed E-state index contributed by atoms with van der Waals surface area (Å²) in [7, 11) is 0. The Hall–Kier alpha value is -3.52. The standard InChI is InChI=1S/C24H23N5O2S/c1-15-16(2)32-23-20(15)22(30)26-21(27-23)19(24(31)28-10-6-7-11-28)12-17-13-25-29(14-17)18-8-4-3-5-9-18/h3-5,8-9,12-14H,6-7,10-11H2,1-2H3,(H,26,27,30)/b19-12+. The van der Waals surface area contributed by atoms with Crippen molar-refractivity contribution in [3.63, 3.8) is 0 Å². The van der Waals surface area contributed by atoms with Gasteiger partial charge in [0.25, 0.3) is 11.5 Å². The van der Waals surface area contributed by atoms with Gasteiger partial charge in [0.05, 0.1) is 22.8 Å². The zero-order valence-corrected chi connectivity index (χ0v) is 18.8. The molecular weight excluding hydrogens is 422 g/mol. The van der Waals surface area contributed by atoms with E-state index >= 15 is 0 Å². The van der Waals surface area contributed by atoms with E-state index in [4.69, 9.17) is 4.98 Å². The lowest BCUT2D eigenvalue weighted by Crippen LogP contribution is -2.29. The van der Waals surface area contributed by atoms with Gasteiger partial charge in [0.15, 0.2) is 0 Å². The van der Waals surface area contributed by atoms with Gasteiger partial charge in [0.2, 0.25) is 0 Å². The fraction of sp³-hybridized carbons (Fsp3) is 0.250. The predicted octanol–water partition coefficient (Wildman–Crippen LogP) is 3.95. The second-order valence-corrected chi connectivity index (χ2v) is 9.19. The molecule has 1 fully saturated rings. The Kier molecular flexibility index (Phi) is 5.22. The number of thiophene rings is 1. The first-order valence-corrected chi connectivity index (χ1v) is 11.4. The molecule has 8 heteroatoms. The number of likely N-dealkylation sites (tertiary alicyclic amines) is 1. The van der Waals surface area contributed by atoms with Crippen LogP contribution in [-0.4, -0.2) is 43.6 Å². The molecule has 0 radical (unpaired) electrons. The molecule has 1 aliphatic rings. The fourth-order valence-electron chi connectivity index (χ4n) is 4.00. The van der Waals surface area contributed by atoms with Crippen LogP contribution in [0.5, 0.6) is 0 Å². The van der Waals surface area contributed by atoms with E-state index in [1.807, 2.05) is 55.3 Å². The van der Waals surface area contributed by atoms with Gasteiger partial charge >= 0.3 is 0 Å². The van der Waals surface area contributed by atoms with Crippen LogP contribution in [0.25, 0.3) is 27.6 Å². The maximum atomic E-state index is 13.4. The van der Waals surface area contributed by atoms with Crippen LogP contribution in [0, 0.1) is 13.8 Å². The maximum Gasteiger partial charge on any atom is 0.260 e. The fourth-order valence-corrected chi connectivity index (χ4v) is 5.03. The van der Waals surface area contributed by atoms with Gasteiger partial charge in [-0.25, -0.2) is 9.67 Å². The first kappa shape index (κ1) is 20.4. The van der Waals surface area contributed by atoms with E-state index in [0.29, 0.717) is 34.7 Å². The number of aromatic nitrogens is 4. The van der Waals surface area contributed by atoms with Crippen LogP contribution in [0.3, 0.4) is 0 Å². The summed E-state index contributed by atoms with van der Waals surface area (Å²) in [5.74, 6) is 0.176. The molecule has 162 valence electrons. The number of fused-ring (bicyclic) bond motifs is 1. The summed E-state index contributed by atoms with van der Waals surface area (Å²) in [6.45, 7) is 5.33. The number of rotatable bonds is 4. The number of amides is 1. The van der Waals surface area contributed by atoms with Crippen molar-refractivity contribution < 1.29 is 4.79 Å². The Labute approximate surface area is 189 Å². The van der Waals surface area contributed by atoms with E-state index in [0.717, 1.165) is 34.5 Å². The van der Waals surface area contributed by atoms with Gasteiger partial charge in [-0.2, -0.15) is 5.10 Å². The summed E-state index contributed by atoms with van der Waals surface area (Å²) in [6.07, 6.45) is 7.31. The van der Waals surface area contributed by atoms with Crippen molar-refractivity contribution in [1.29, 1.82) is 0 Å². The molecule has 1 aromatic carbocycles. The minimum atomic E-state index is -0.216. The number of hydrogen-bond acceptors (Lipinski definition) is 5. The van der Waals surface area contributed by atoms with Gasteiger partial charge in [-0.3, -0.25) is 9.59 Å². The van der Waals surface area contributed by atoms with E-state index < -0.39 is 0 Å². The lowest BCUT2D eigenvalue weighted by atomic mass is 10.1. The number of carbonyl (C=O) groups is 1. The molecular formula is C24H23N5O2S. The Balaban J connectivity index is 1.62. The third-order valence-corrected chi connectivity index (χ3v) is 6.95. The van der Waals surface area contributed by atoms with E-state index in [1.54, 1.807) is 17.0 Å². The maximum absolute atomic E-state index is 13.4. The molecule has 1 aliphatic heterocycles. The highest BCUT2D eigenvalue weighted by molar-refractivity contribution is 7.18. The molecule has 0 spiro atoms. The summed E-state index contributed by atoms with van der Waals surface area (Å²) >= 11 is 1.48. The van der Waals surface area contributed by atoms with Crippen LogP contribution >= 0.6 is 11.3 Å². The molecule has 1 N–H and O–H groups in total. The van der Waals surface area contributed by atoms with Crippen molar-refractivity contribution in [3.05, 3.63) is 74.9 Å². The summed E-state index contributed by atoms with van der Waals surface area (Å²) in [4.78, 5) is 37.4. The van der Waals surface area contributed by atoms with Crippen LogP contribution in [0.4, 0.5) is 0 Å². The number of carbonyl (C=O) groups excluding carboxylic acids is 1. The monoisotopic (exact) mass is 445 g/mol. The van der Waals surface area contributed by atoms with Crippen molar-refractivity contribution in [1.82, 2.24) is 24.6 Å². The molecule has 0 unspecified atom stereocenters. The first-order chi connectivity index (χ1) is 15.5. The lowest BCUT2D eigenvalue weighted by molar-refractivity contribution is -0.123. The van der Waals surface area contributed by atoms with E-state index in [1.165, 1.54) is 11.3 Å². The average Bonchev–Trinajstić information content (AvgIpc) is 3.54.